The number of piperidine rings is 1. The van der Waals surface area contributed by atoms with E-state index in [1.165, 1.54) is 42.3 Å². The number of carbonyl (C=O) groups is 1. The third-order valence-corrected chi connectivity index (χ3v) is 6.66. The third-order valence-electron chi connectivity index (χ3n) is 5.74. The second-order valence-corrected chi connectivity index (χ2v) is 9.46. The average Bonchev–Trinajstić information content (AvgIpc) is 2.84. The van der Waals surface area contributed by atoms with Gasteiger partial charge in [0.15, 0.2) is 0 Å². The number of nitrogens with zero attached hydrogens (tertiary/aromatic N) is 3. The fraction of sp³-hybridized carbons (Fsp3) is 0.346. The molecule has 0 atom stereocenters. The number of thioether (sulfide) groups is 1. The van der Waals surface area contributed by atoms with Gasteiger partial charge in [-0.05, 0) is 67.1 Å². The monoisotopic (exact) mass is 446 g/mol. The molecular formula is C26H30N4OS. The van der Waals surface area contributed by atoms with E-state index >= 15 is 0 Å². The molecule has 3 aromatic rings. The highest BCUT2D eigenvalue weighted by atomic mass is 32.2. The molecule has 4 rings (SSSR count). The zero-order valence-corrected chi connectivity index (χ0v) is 19.6. The molecule has 1 aromatic heterocycles. The summed E-state index contributed by atoms with van der Waals surface area (Å²) in [4.78, 5) is 14.7. The Morgan fingerprint density at radius 1 is 0.938 bits per heavy atom. The molecule has 2 aromatic carbocycles. The van der Waals surface area contributed by atoms with Gasteiger partial charge >= 0.3 is 0 Å². The zero-order chi connectivity index (χ0) is 22.3. The minimum absolute atomic E-state index is 0.0496. The summed E-state index contributed by atoms with van der Waals surface area (Å²) in [6.45, 7) is 6.59. The lowest BCUT2D eigenvalue weighted by Gasteiger charge is -2.28. The molecule has 1 aliphatic heterocycles. The van der Waals surface area contributed by atoms with Crippen LogP contribution in [-0.4, -0.2) is 34.9 Å². The van der Waals surface area contributed by atoms with Crippen molar-refractivity contribution in [3.63, 3.8) is 0 Å². The Balaban J connectivity index is 1.29. The van der Waals surface area contributed by atoms with Gasteiger partial charge < -0.3 is 10.2 Å². The lowest BCUT2D eigenvalue weighted by molar-refractivity contribution is -0.113. The molecule has 1 aliphatic rings. The summed E-state index contributed by atoms with van der Waals surface area (Å²) in [6.07, 6.45) is 3.88. The van der Waals surface area contributed by atoms with Crippen molar-refractivity contribution >= 4 is 29.0 Å². The maximum atomic E-state index is 12.3. The number of rotatable bonds is 7. The van der Waals surface area contributed by atoms with Gasteiger partial charge in [0, 0.05) is 30.0 Å². The van der Waals surface area contributed by atoms with E-state index in [4.69, 9.17) is 0 Å². The molecule has 0 bridgehead atoms. The molecule has 0 aliphatic carbocycles. The first-order valence-corrected chi connectivity index (χ1v) is 12.3. The Kier molecular flexibility index (Phi) is 7.43. The van der Waals surface area contributed by atoms with E-state index in [1.54, 1.807) is 0 Å². The topological polar surface area (TPSA) is 58.1 Å². The van der Waals surface area contributed by atoms with Crippen LogP contribution in [0, 0.1) is 0 Å². The molecule has 1 saturated heterocycles. The molecule has 6 heteroatoms. The van der Waals surface area contributed by atoms with Gasteiger partial charge in [0.2, 0.25) is 5.91 Å². The summed E-state index contributed by atoms with van der Waals surface area (Å²) < 4.78 is 0. The predicted molar refractivity (Wildman–Crippen MR) is 133 cm³/mol. The standard InChI is InChI=1S/C26H30N4OS/c1-19(2)20-6-10-22(11-7-20)27-25(31)18-32-26-15-14-24(28-29-26)21-8-12-23(13-9-21)30-16-4-3-5-17-30/h6-15,19H,3-5,16-18H2,1-2H3,(H,27,31). The van der Waals surface area contributed by atoms with Crippen molar-refractivity contribution in [2.75, 3.05) is 29.1 Å². The van der Waals surface area contributed by atoms with Crippen LogP contribution in [0.1, 0.15) is 44.6 Å². The summed E-state index contributed by atoms with van der Waals surface area (Å²) in [5, 5.41) is 12.3. The number of hydrogen-bond acceptors (Lipinski definition) is 5. The molecule has 5 nitrogen and oxygen atoms in total. The van der Waals surface area contributed by atoms with Gasteiger partial charge in [-0.3, -0.25) is 4.79 Å². The summed E-state index contributed by atoms with van der Waals surface area (Å²) >= 11 is 1.39. The van der Waals surface area contributed by atoms with Crippen molar-refractivity contribution in [1.29, 1.82) is 0 Å². The molecule has 2 heterocycles. The third kappa shape index (κ3) is 5.88. The van der Waals surface area contributed by atoms with Gasteiger partial charge in [-0.15, -0.1) is 10.2 Å². The highest BCUT2D eigenvalue weighted by Gasteiger charge is 2.11. The van der Waals surface area contributed by atoms with E-state index in [9.17, 15) is 4.79 Å². The smallest absolute Gasteiger partial charge is 0.234 e. The van der Waals surface area contributed by atoms with Crippen molar-refractivity contribution < 1.29 is 4.79 Å². The molecule has 1 N–H and O–H groups in total. The Hall–Kier alpha value is -2.86. The highest BCUT2D eigenvalue weighted by Crippen LogP contribution is 2.25. The molecule has 1 fully saturated rings. The summed E-state index contributed by atoms with van der Waals surface area (Å²) in [6, 6.07) is 20.5. The van der Waals surface area contributed by atoms with Gasteiger partial charge in [0.05, 0.1) is 11.4 Å². The van der Waals surface area contributed by atoms with E-state index in [2.05, 4.69) is 70.7 Å². The number of anilines is 2. The van der Waals surface area contributed by atoms with Gasteiger partial charge in [-0.1, -0.05) is 49.9 Å². The maximum absolute atomic E-state index is 12.3. The maximum Gasteiger partial charge on any atom is 0.234 e. The van der Waals surface area contributed by atoms with Gasteiger partial charge in [0.25, 0.3) is 0 Å². The SMILES string of the molecule is CC(C)c1ccc(NC(=O)CSc2ccc(-c3ccc(N4CCCCC4)cc3)nn2)cc1. The number of benzene rings is 2. The lowest BCUT2D eigenvalue weighted by atomic mass is 10.0. The molecule has 0 unspecified atom stereocenters. The van der Waals surface area contributed by atoms with E-state index in [0.717, 1.165) is 35.1 Å². The minimum atomic E-state index is -0.0496. The Bertz CT molecular complexity index is 1010. The van der Waals surface area contributed by atoms with Crippen molar-refractivity contribution in [3.8, 4) is 11.3 Å². The van der Waals surface area contributed by atoms with Crippen molar-refractivity contribution in [2.45, 2.75) is 44.1 Å². The van der Waals surface area contributed by atoms with E-state index in [-0.39, 0.29) is 5.91 Å². The number of carbonyl (C=O) groups excluding carboxylic acids is 1. The van der Waals surface area contributed by atoms with Gasteiger partial charge in [-0.25, -0.2) is 0 Å². The second kappa shape index (κ2) is 10.6. The molecule has 166 valence electrons. The first-order chi connectivity index (χ1) is 15.6. The van der Waals surface area contributed by atoms with Crippen LogP contribution in [0.3, 0.4) is 0 Å². The van der Waals surface area contributed by atoms with Crippen LogP contribution < -0.4 is 10.2 Å². The Morgan fingerprint density at radius 2 is 1.66 bits per heavy atom. The normalized spacial score (nSPS) is 13.9. The Labute approximate surface area is 194 Å². The fourth-order valence-corrected chi connectivity index (χ4v) is 4.45. The molecule has 1 amide bonds. The number of hydrogen-bond donors (Lipinski definition) is 1. The van der Waals surface area contributed by atoms with Crippen LogP contribution in [0.5, 0.6) is 0 Å². The largest absolute Gasteiger partial charge is 0.372 e. The molecular weight excluding hydrogens is 416 g/mol. The van der Waals surface area contributed by atoms with Crippen LogP contribution >= 0.6 is 11.8 Å². The van der Waals surface area contributed by atoms with E-state index in [1.807, 2.05) is 24.3 Å². The Morgan fingerprint density at radius 3 is 2.28 bits per heavy atom. The first kappa shape index (κ1) is 22.3. The second-order valence-electron chi connectivity index (χ2n) is 8.46. The van der Waals surface area contributed by atoms with Crippen LogP contribution in [0.4, 0.5) is 11.4 Å². The van der Waals surface area contributed by atoms with Crippen LogP contribution in [0.15, 0.2) is 65.7 Å². The van der Waals surface area contributed by atoms with Crippen LogP contribution in [0.25, 0.3) is 11.3 Å². The van der Waals surface area contributed by atoms with Gasteiger partial charge in [-0.2, -0.15) is 0 Å². The average molecular weight is 447 g/mol. The summed E-state index contributed by atoms with van der Waals surface area (Å²) in [7, 11) is 0. The van der Waals surface area contributed by atoms with Crippen molar-refractivity contribution in [2.24, 2.45) is 0 Å². The molecule has 0 radical (unpaired) electrons. The van der Waals surface area contributed by atoms with Gasteiger partial charge in [0.1, 0.15) is 5.03 Å². The number of nitrogens with one attached hydrogen (secondary N) is 1. The van der Waals surface area contributed by atoms with Crippen molar-refractivity contribution in [3.05, 3.63) is 66.2 Å². The number of amides is 1. The fourth-order valence-electron chi connectivity index (χ4n) is 3.83. The van der Waals surface area contributed by atoms with E-state index in [0.29, 0.717) is 11.7 Å². The predicted octanol–water partition coefficient (Wildman–Crippen LogP) is 5.99. The summed E-state index contributed by atoms with van der Waals surface area (Å²) in [5.41, 5.74) is 5.24. The number of aromatic nitrogens is 2. The molecule has 0 saturated carbocycles. The molecule has 32 heavy (non-hydrogen) atoms. The van der Waals surface area contributed by atoms with E-state index < -0.39 is 0 Å². The first-order valence-electron chi connectivity index (χ1n) is 11.3. The quantitative estimate of drug-likeness (QED) is 0.452. The highest BCUT2D eigenvalue weighted by molar-refractivity contribution is 7.99. The van der Waals surface area contributed by atoms with Crippen LogP contribution in [0.2, 0.25) is 0 Å². The van der Waals surface area contributed by atoms with Crippen LogP contribution in [-0.2, 0) is 4.79 Å². The minimum Gasteiger partial charge on any atom is -0.372 e. The molecule has 0 spiro atoms. The summed E-state index contributed by atoms with van der Waals surface area (Å²) in [5.74, 6) is 0.723. The zero-order valence-electron chi connectivity index (χ0n) is 18.8. The van der Waals surface area contributed by atoms with Crippen molar-refractivity contribution in [1.82, 2.24) is 10.2 Å². The lowest BCUT2D eigenvalue weighted by Crippen LogP contribution is -2.29.